The van der Waals surface area contributed by atoms with E-state index in [0.29, 0.717) is 12.8 Å². The summed E-state index contributed by atoms with van der Waals surface area (Å²) in [5, 5.41) is 12.2. The van der Waals surface area contributed by atoms with E-state index in [-0.39, 0.29) is 9.09 Å². The van der Waals surface area contributed by atoms with E-state index in [4.69, 9.17) is 0 Å². The van der Waals surface area contributed by atoms with Crippen LogP contribution in [0.25, 0.3) is 0 Å². The van der Waals surface area contributed by atoms with E-state index in [0.717, 1.165) is 43.3 Å². The summed E-state index contributed by atoms with van der Waals surface area (Å²) in [6.07, 6.45) is 5.31. The molecule has 8 heteroatoms. The molecule has 2 N–H and O–H groups in total. The second-order valence-electron chi connectivity index (χ2n) is 5.65. The molecule has 2 rings (SSSR count). The molecule has 1 fully saturated rings. The van der Waals surface area contributed by atoms with Crippen LogP contribution >= 0.6 is 11.3 Å². The van der Waals surface area contributed by atoms with Crippen molar-refractivity contribution >= 4 is 33.1 Å². The SMILES string of the molecule is CS(=O)(=O)c1ccc(C(=O)NC2(C(=O)O)CCCCCC2)s1. The molecule has 1 saturated carbocycles. The molecule has 0 radical (unpaired) electrons. The summed E-state index contributed by atoms with van der Waals surface area (Å²) in [5.41, 5.74) is -1.25. The van der Waals surface area contributed by atoms with Crippen molar-refractivity contribution in [2.45, 2.75) is 48.3 Å². The maximum atomic E-state index is 12.3. The van der Waals surface area contributed by atoms with Crippen molar-refractivity contribution in [3.05, 3.63) is 17.0 Å². The fraction of sp³-hybridized carbons (Fsp3) is 0.571. The molecule has 0 aliphatic heterocycles. The zero-order valence-electron chi connectivity index (χ0n) is 12.3. The van der Waals surface area contributed by atoms with Crippen molar-refractivity contribution in [3.8, 4) is 0 Å². The topological polar surface area (TPSA) is 101 Å². The Labute approximate surface area is 133 Å². The number of hydrogen-bond acceptors (Lipinski definition) is 5. The minimum absolute atomic E-state index is 0.0999. The molecule has 0 aromatic carbocycles. The number of aliphatic carboxylic acids is 1. The van der Waals surface area contributed by atoms with Crippen molar-refractivity contribution in [1.29, 1.82) is 0 Å². The van der Waals surface area contributed by atoms with E-state index in [1.807, 2.05) is 0 Å². The van der Waals surface area contributed by atoms with Crippen LogP contribution in [-0.2, 0) is 14.6 Å². The molecule has 1 aromatic rings. The van der Waals surface area contributed by atoms with Crippen LogP contribution in [0.15, 0.2) is 16.3 Å². The highest BCUT2D eigenvalue weighted by Gasteiger charge is 2.40. The Bertz CT molecular complexity index is 669. The first-order valence-corrected chi connectivity index (χ1v) is 9.81. The van der Waals surface area contributed by atoms with E-state index in [9.17, 15) is 23.1 Å². The fourth-order valence-corrected chi connectivity index (χ4v) is 4.47. The molecule has 1 aliphatic rings. The van der Waals surface area contributed by atoms with Crippen LogP contribution in [0.3, 0.4) is 0 Å². The first-order chi connectivity index (χ1) is 10.2. The van der Waals surface area contributed by atoms with Gasteiger partial charge in [-0.05, 0) is 25.0 Å². The zero-order valence-corrected chi connectivity index (χ0v) is 13.9. The lowest BCUT2D eigenvalue weighted by Gasteiger charge is -2.29. The van der Waals surface area contributed by atoms with Crippen molar-refractivity contribution in [3.63, 3.8) is 0 Å². The molecular weight excluding hydrogens is 326 g/mol. The minimum Gasteiger partial charge on any atom is -0.480 e. The molecule has 0 unspecified atom stereocenters. The van der Waals surface area contributed by atoms with Gasteiger partial charge in [0.05, 0.1) is 4.88 Å². The summed E-state index contributed by atoms with van der Waals surface area (Å²) in [6.45, 7) is 0. The number of sulfone groups is 1. The summed E-state index contributed by atoms with van der Waals surface area (Å²) < 4.78 is 23.0. The van der Waals surface area contributed by atoms with Crippen LogP contribution < -0.4 is 5.32 Å². The van der Waals surface area contributed by atoms with Gasteiger partial charge in [0.2, 0.25) is 0 Å². The number of nitrogens with one attached hydrogen (secondary N) is 1. The van der Waals surface area contributed by atoms with Gasteiger partial charge in [0.25, 0.3) is 5.91 Å². The molecule has 0 spiro atoms. The van der Waals surface area contributed by atoms with Crippen LogP contribution in [-0.4, -0.2) is 37.2 Å². The number of amides is 1. The van der Waals surface area contributed by atoms with Crippen LogP contribution in [0.4, 0.5) is 0 Å². The Hall–Kier alpha value is -1.41. The maximum absolute atomic E-state index is 12.3. The molecule has 1 heterocycles. The van der Waals surface area contributed by atoms with E-state index in [1.54, 1.807) is 0 Å². The summed E-state index contributed by atoms with van der Waals surface area (Å²) in [7, 11) is -3.36. The standard InChI is InChI=1S/C14H19NO5S2/c1-22(19,20)11-7-6-10(21-11)12(16)15-14(13(17)18)8-4-2-3-5-9-14/h6-7H,2-5,8-9H2,1H3,(H,15,16)(H,17,18). The monoisotopic (exact) mass is 345 g/mol. The van der Waals surface area contributed by atoms with E-state index in [2.05, 4.69) is 5.32 Å². The number of hydrogen-bond donors (Lipinski definition) is 2. The van der Waals surface area contributed by atoms with Crippen molar-refractivity contribution in [2.75, 3.05) is 6.26 Å². The van der Waals surface area contributed by atoms with Gasteiger partial charge in [-0.1, -0.05) is 25.7 Å². The Balaban J connectivity index is 2.21. The number of carboxylic acid groups (broad SMARTS) is 1. The van der Waals surface area contributed by atoms with E-state index >= 15 is 0 Å². The Morgan fingerprint density at radius 1 is 1.18 bits per heavy atom. The van der Waals surface area contributed by atoms with Crippen LogP contribution in [0.5, 0.6) is 0 Å². The highest BCUT2D eigenvalue weighted by atomic mass is 32.2. The smallest absolute Gasteiger partial charge is 0.329 e. The predicted octanol–water partition coefficient (Wildman–Crippen LogP) is 2.06. The highest BCUT2D eigenvalue weighted by Crippen LogP contribution is 2.29. The molecule has 1 aromatic heterocycles. The Morgan fingerprint density at radius 2 is 1.77 bits per heavy atom. The lowest BCUT2D eigenvalue weighted by atomic mass is 9.90. The lowest BCUT2D eigenvalue weighted by molar-refractivity contribution is -0.145. The molecule has 22 heavy (non-hydrogen) atoms. The van der Waals surface area contributed by atoms with Gasteiger partial charge in [-0.2, -0.15) is 0 Å². The van der Waals surface area contributed by atoms with Gasteiger partial charge in [-0.25, -0.2) is 13.2 Å². The average Bonchev–Trinajstić information content (AvgIpc) is 2.81. The zero-order chi connectivity index (χ0) is 16.4. The van der Waals surface area contributed by atoms with Gasteiger partial charge in [0, 0.05) is 6.26 Å². The molecule has 122 valence electrons. The van der Waals surface area contributed by atoms with Crippen molar-refractivity contribution in [1.82, 2.24) is 5.32 Å². The second kappa shape index (κ2) is 6.37. The molecule has 0 saturated heterocycles. The summed E-state index contributed by atoms with van der Waals surface area (Å²) in [4.78, 5) is 24.2. The Kier molecular flexibility index (Phi) is 4.91. The number of rotatable bonds is 4. The molecule has 1 aliphatic carbocycles. The summed E-state index contributed by atoms with van der Waals surface area (Å²) in [5.74, 6) is -1.55. The van der Waals surface area contributed by atoms with Crippen LogP contribution in [0, 0.1) is 0 Å². The van der Waals surface area contributed by atoms with Crippen molar-refractivity contribution < 1.29 is 23.1 Å². The molecule has 0 bridgehead atoms. The maximum Gasteiger partial charge on any atom is 0.329 e. The molecule has 0 atom stereocenters. The highest BCUT2D eigenvalue weighted by molar-refractivity contribution is 7.92. The van der Waals surface area contributed by atoms with Gasteiger partial charge < -0.3 is 10.4 Å². The summed E-state index contributed by atoms with van der Waals surface area (Å²) >= 11 is 0.859. The van der Waals surface area contributed by atoms with Crippen LogP contribution in [0.1, 0.15) is 48.2 Å². The average molecular weight is 345 g/mol. The lowest BCUT2D eigenvalue weighted by Crippen LogP contribution is -2.54. The third-order valence-corrected chi connectivity index (χ3v) is 6.79. The first-order valence-electron chi connectivity index (χ1n) is 7.10. The number of carbonyl (C=O) groups is 2. The molecular formula is C14H19NO5S2. The Morgan fingerprint density at radius 3 is 2.23 bits per heavy atom. The largest absolute Gasteiger partial charge is 0.480 e. The first kappa shape index (κ1) is 17.0. The van der Waals surface area contributed by atoms with Crippen molar-refractivity contribution in [2.24, 2.45) is 0 Å². The summed E-state index contributed by atoms with van der Waals surface area (Å²) in [6, 6.07) is 2.79. The van der Waals surface area contributed by atoms with Gasteiger partial charge in [0.1, 0.15) is 9.75 Å². The van der Waals surface area contributed by atoms with E-state index < -0.39 is 27.3 Å². The minimum atomic E-state index is -3.36. The number of carboxylic acids is 1. The quantitative estimate of drug-likeness (QED) is 0.814. The number of carbonyl (C=O) groups excluding carboxylic acids is 1. The molecule has 1 amide bonds. The van der Waals surface area contributed by atoms with Crippen LogP contribution in [0.2, 0.25) is 0 Å². The fourth-order valence-electron chi connectivity index (χ4n) is 2.64. The molecule has 6 nitrogen and oxygen atoms in total. The predicted molar refractivity (Wildman–Crippen MR) is 83.0 cm³/mol. The van der Waals surface area contributed by atoms with Gasteiger partial charge in [-0.3, -0.25) is 4.79 Å². The van der Waals surface area contributed by atoms with Gasteiger partial charge in [0.15, 0.2) is 9.84 Å². The third kappa shape index (κ3) is 3.67. The van der Waals surface area contributed by atoms with Gasteiger partial charge in [-0.15, -0.1) is 11.3 Å². The normalized spacial score (nSPS) is 18.4. The van der Waals surface area contributed by atoms with Gasteiger partial charge >= 0.3 is 5.97 Å². The second-order valence-corrected chi connectivity index (χ2v) is 8.97. The van der Waals surface area contributed by atoms with E-state index in [1.165, 1.54) is 12.1 Å². The number of thiophene rings is 1. The third-order valence-electron chi connectivity index (χ3n) is 3.89.